The lowest BCUT2D eigenvalue weighted by Crippen LogP contribution is -2.42. The third-order valence-electron chi connectivity index (χ3n) is 4.20. The molecule has 2 aromatic carbocycles. The van der Waals surface area contributed by atoms with E-state index in [1.165, 1.54) is 44.2 Å². The molecule has 0 fully saturated rings. The van der Waals surface area contributed by atoms with Gasteiger partial charge in [-0.05, 0) is 24.3 Å². The molecule has 3 rings (SSSR count). The molecule has 8 nitrogen and oxygen atoms in total. The minimum absolute atomic E-state index is 0.108. The maximum absolute atomic E-state index is 12.3. The Hall–Kier alpha value is -3.20. The number of nitrogens with zero attached hydrogens (tertiary/aromatic N) is 2. The number of ether oxygens (including phenoxy) is 3. The van der Waals surface area contributed by atoms with Gasteiger partial charge in [0.15, 0.2) is 11.5 Å². The summed E-state index contributed by atoms with van der Waals surface area (Å²) in [6.45, 7) is -0.108. The molecule has 0 bridgehead atoms. The number of methoxy groups -OCH3 is 3. The molecule has 0 radical (unpaired) electrons. The van der Waals surface area contributed by atoms with Gasteiger partial charge in [-0.25, -0.2) is 5.43 Å². The lowest BCUT2D eigenvalue weighted by molar-refractivity contribution is -0.122. The average molecular weight is 415 g/mol. The molecule has 0 unspecified atom stereocenters. The van der Waals surface area contributed by atoms with E-state index in [-0.39, 0.29) is 12.5 Å². The Bertz CT molecular complexity index is 922. The largest absolute Gasteiger partial charge is 0.493 e. The molecule has 0 saturated heterocycles. The van der Waals surface area contributed by atoms with Crippen LogP contribution in [0.3, 0.4) is 0 Å². The Kier molecular flexibility index (Phi) is 6.61. The molecular weight excluding hydrogens is 394 g/mol. The van der Waals surface area contributed by atoms with Crippen LogP contribution in [0.2, 0.25) is 0 Å². The van der Waals surface area contributed by atoms with Crippen molar-refractivity contribution in [3.63, 3.8) is 0 Å². The summed E-state index contributed by atoms with van der Waals surface area (Å²) in [5.74, 6) is 1.22. The van der Waals surface area contributed by atoms with Crippen LogP contribution >= 0.6 is 11.8 Å². The van der Waals surface area contributed by atoms with Crippen molar-refractivity contribution in [3.8, 4) is 17.2 Å². The van der Waals surface area contributed by atoms with E-state index in [4.69, 9.17) is 14.2 Å². The second-order valence-electron chi connectivity index (χ2n) is 5.99. The van der Waals surface area contributed by atoms with Gasteiger partial charge in [-0.15, -0.1) is 11.8 Å². The molecule has 0 aliphatic carbocycles. The highest BCUT2D eigenvalue weighted by atomic mass is 32.2. The third kappa shape index (κ3) is 4.62. The van der Waals surface area contributed by atoms with E-state index >= 15 is 0 Å². The molecule has 1 heterocycles. The Morgan fingerprint density at radius 2 is 1.86 bits per heavy atom. The monoisotopic (exact) mass is 415 g/mol. The number of para-hydroxylation sites is 1. The van der Waals surface area contributed by atoms with E-state index in [1.54, 1.807) is 12.1 Å². The Morgan fingerprint density at radius 3 is 2.52 bits per heavy atom. The fourth-order valence-corrected chi connectivity index (χ4v) is 3.80. The number of fused-ring (bicyclic) bond motifs is 1. The van der Waals surface area contributed by atoms with Crippen molar-refractivity contribution < 1.29 is 23.8 Å². The first-order chi connectivity index (χ1) is 14.1. The van der Waals surface area contributed by atoms with Crippen LogP contribution in [-0.4, -0.2) is 51.7 Å². The van der Waals surface area contributed by atoms with Gasteiger partial charge < -0.3 is 19.1 Å². The number of hydrazone groups is 1. The maximum Gasteiger partial charge on any atom is 0.260 e. The fourth-order valence-electron chi connectivity index (χ4n) is 2.86. The van der Waals surface area contributed by atoms with Crippen molar-refractivity contribution in [2.24, 2.45) is 5.10 Å². The summed E-state index contributed by atoms with van der Waals surface area (Å²) in [7, 11) is 4.56. The molecule has 0 aromatic heterocycles. The van der Waals surface area contributed by atoms with E-state index in [0.29, 0.717) is 28.6 Å². The number of benzene rings is 2. The molecule has 2 amide bonds. The van der Waals surface area contributed by atoms with Crippen LogP contribution in [-0.2, 0) is 9.59 Å². The zero-order valence-electron chi connectivity index (χ0n) is 16.3. The van der Waals surface area contributed by atoms with E-state index in [9.17, 15) is 9.59 Å². The quantitative estimate of drug-likeness (QED) is 0.551. The van der Waals surface area contributed by atoms with Crippen molar-refractivity contribution in [2.45, 2.75) is 4.90 Å². The predicted molar refractivity (Wildman–Crippen MR) is 111 cm³/mol. The minimum Gasteiger partial charge on any atom is -0.493 e. The molecule has 0 atom stereocenters. The predicted octanol–water partition coefficient (Wildman–Crippen LogP) is 2.30. The Balaban J connectivity index is 1.68. The highest BCUT2D eigenvalue weighted by Crippen LogP contribution is 2.38. The van der Waals surface area contributed by atoms with Gasteiger partial charge >= 0.3 is 0 Å². The summed E-state index contributed by atoms with van der Waals surface area (Å²) in [5.41, 5.74) is 3.83. The summed E-state index contributed by atoms with van der Waals surface area (Å²) in [4.78, 5) is 27.0. The molecule has 1 aliphatic rings. The van der Waals surface area contributed by atoms with Gasteiger partial charge in [0.2, 0.25) is 11.7 Å². The van der Waals surface area contributed by atoms with Crippen LogP contribution in [0.15, 0.2) is 46.4 Å². The number of thioether (sulfide) groups is 1. The first kappa shape index (κ1) is 20.5. The average Bonchev–Trinajstić information content (AvgIpc) is 2.75. The number of anilines is 1. The maximum atomic E-state index is 12.3. The van der Waals surface area contributed by atoms with E-state index < -0.39 is 5.91 Å². The number of hydrogen-bond acceptors (Lipinski definition) is 7. The van der Waals surface area contributed by atoms with Gasteiger partial charge in [0, 0.05) is 10.5 Å². The molecule has 1 N–H and O–H groups in total. The molecule has 152 valence electrons. The normalized spacial score (nSPS) is 13.2. The van der Waals surface area contributed by atoms with Crippen molar-refractivity contribution in [3.05, 3.63) is 42.0 Å². The van der Waals surface area contributed by atoms with Crippen LogP contribution in [0.25, 0.3) is 0 Å². The zero-order valence-corrected chi connectivity index (χ0v) is 17.1. The first-order valence-corrected chi connectivity index (χ1v) is 9.70. The molecule has 9 heteroatoms. The number of carbonyl (C=O) groups is 2. The molecular formula is C20H21N3O5S. The minimum atomic E-state index is -0.399. The summed E-state index contributed by atoms with van der Waals surface area (Å²) in [6, 6.07) is 10.9. The van der Waals surface area contributed by atoms with Crippen LogP contribution in [0.1, 0.15) is 5.56 Å². The molecule has 1 aliphatic heterocycles. The number of amides is 2. The van der Waals surface area contributed by atoms with Crippen LogP contribution < -0.4 is 24.5 Å². The zero-order chi connectivity index (χ0) is 20.8. The van der Waals surface area contributed by atoms with Gasteiger partial charge in [-0.1, -0.05) is 12.1 Å². The SMILES string of the molecule is COc1cc(C=NNC(=O)CN2C(=O)CSc3ccccc32)cc(OC)c1OC. The smallest absolute Gasteiger partial charge is 0.260 e. The van der Waals surface area contributed by atoms with E-state index in [2.05, 4.69) is 10.5 Å². The Morgan fingerprint density at radius 1 is 1.17 bits per heavy atom. The number of carbonyl (C=O) groups excluding carboxylic acids is 2. The van der Waals surface area contributed by atoms with Gasteiger partial charge in [-0.2, -0.15) is 5.10 Å². The summed E-state index contributed by atoms with van der Waals surface area (Å²) in [6.07, 6.45) is 1.46. The van der Waals surface area contributed by atoms with Gasteiger partial charge in [-0.3, -0.25) is 9.59 Å². The van der Waals surface area contributed by atoms with Crippen molar-refractivity contribution in [1.29, 1.82) is 0 Å². The summed E-state index contributed by atoms with van der Waals surface area (Å²) < 4.78 is 15.9. The van der Waals surface area contributed by atoms with E-state index in [0.717, 1.165) is 10.6 Å². The molecule has 29 heavy (non-hydrogen) atoms. The van der Waals surface area contributed by atoms with Gasteiger partial charge in [0.1, 0.15) is 6.54 Å². The van der Waals surface area contributed by atoms with Crippen molar-refractivity contribution in [2.75, 3.05) is 38.5 Å². The standard InChI is InChI=1S/C20H21N3O5S/c1-26-15-8-13(9-16(27-2)20(15)28-3)10-21-22-18(24)11-23-14-6-4-5-7-17(14)29-12-19(23)25/h4-10H,11-12H2,1-3H3,(H,22,24). The van der Waals surface area contributed by atoms with Crippen molar-refractivity contribution in [1.82, 2.24) is 5.43 Å². The van der Waals surface area contributed by atoms with Gasteiger partial charge in [0.25, 0.3) is 5.91 Å². The van der Waals surface area contributed by atoms with Crippen molar-refractivity contribution >= 4 is 35.5 Å². The molecule has 0 spiro atoms. The number of nitrogens with one attached hydrogen (secondary N) is 1. The first-order valence-electron chi connectivity index (χ1n) is 8.71. The number of rotatable bonds is 7. The molecule has 2 aromatic rings. The Labute approximate surface area is 172 Å². The van der Waals surface area contributed by atoms with Crippen LogP contribution in [0, 0.1) is 0 Å². The summed E-state index contributed by atoms with van der Waals surface area (Å²) in [5, 5.41) is 3.97. The third-order valence-corrected chi connectivity index (χ3v) is 5.25. The highest BCUT2D eigenvalue weighted by Gasteiger charge is 2.26. The second-order valence-corrected chi connectivity index (χ2v) is 7.01. The summed E-state index contributed by atoms with van der Waals surface area (Å²) >= 11 is 1.47. The van der Waals surface area contributed by atoms with Gasteiger partial charge in [0.05, 0.1) is 39.0 Å². The lowest BCUT2D eigenvalue weighted by atomic mass is 10.2. The second kappa shape index (κ2) is 9.33. The van der Waals surface area contributed by atoms with Crippen LogP contribution in [0.4, 0.5) is 5.69 Å². The number of hydrogen-bond donors (Lipinski definition) is 1. The lowest BCUT2D eigenvalue weighted by Gasteiger charge is -2.27. The molecule has 0 saturated carbocycles. The van der Waals surface area contributed by atoms with Crippen LogP contribution in [0.5, 0.6) is 17.2 Å². The highest BCUT2D eigenvalue weighted by molar-refractivity contribution is 8.00. The topological polar surface area (TPSA) is 89.5 Å². The fraction of sp³-hybridized carbons (Fsp3) is 0.250. The van der Waals surface area contributed by atoms with E-state index in [1.807, 2.05) is 24.3 Å².